The molecule has 1 rings (SSSR count). The van der Waals surface area contributed by atoms with Crippen LogP contribution in [0.1, 0.15) is 5.56 Å². The average Bonchev–Trinajstić information content (AvgIpc) is 1.96. The molecule has 0 bridgehead atoms. The van der Waals surface area contributed by atoms with Gasteiger partial charge in [-0.3, -0.25) is 0 Å². The van der Waals surface area contributed by atoms with Gasteiger partial charge in [-0.1, -0.05) is 15.9 Å². The molecule has 0 saturated carbocycles. The zero-order valence-electron chi connectivity index (χ0n) is 5.98. The second-order valence-electron chi connectivity index (χ2n) is 2.09. The number of hydrogen-bond acceptors (Lipinski definition) is 1. The predicted octanol–water partition coefficient (Wildman–Crippen LogP) is 3.95. The molecule has 0 aliphatic heterocycles. The van der Waals surface area contributed by atoms with E-state index in [2.05, 4.69) is 31.9 Å². The van der Waals surface area contributed by atoms with Gasteiger partial charge < -0.3 is 5.73 Å². The highest BCUT2D eigenvalue weighted by atomic mass is 79.9. The normalized spacial score (nSPS) is 9.25. The molecule has 0 atom stereocenters. The van der Waals surface area contributed by atoms with Gasteiger partial charge in [-0.25, -0.2) is 0 Å². The molecule has 2 N–H and O–H groups in total. The van der Waals surface area contributed by atoms with Crippen molar-refractivity contribution in [2.24, 2.45) is 0 Å². The van der Waals surface area contributed by atoms with E-state index in [9.17, 15) is 0 Å². The van der Waals surface area contributed by atoms with Gasteiger partial charge >= 0.3 is 0 Å². The molecule has 0 unspecified atom stereocenters. The van der Waals surface area contributed by atoms with E-state index in [1.165, 1.54) is 0 Å². The van der Waals surface area contributed by atoms with Gasteiger partial charge in [0.2, 0.25) is 0 Å². The van der Waals surface area contributed by atoms with Crippen LogP contribution in [-0.2, 0) is 5.88 Å². The Balaban J connectivity index is 0.00000121. The fraction of sp³-hybridized carbons (Fsp3) is 0.143. The van der Waals surface area contributed by atoms with Crippen LogP contribution >= 0.6 is 55.9 Å². The number of benzene rings is 1. The highest BCUT2D eigenvalue weighted by Gasteiger charge is 2.03. The third-order valence-electron chi connectivity index (χ3n) is 1.32. The third-order valence-corrected chi connectivity index (χ3v) is 2.73. The second-order valence-corrected chi connectivity index (χ2v) is 4.13. The zero-order chi connectivity index (χ0) is 8.43. The lowest BCUT2D eigenvalue weighted by Crippen LogP contribution is -1.92. The van der Waals surface area contributed by atoms with Crippen molar-refractivity contribution in [3.8, 4) is 0 Å². The van der Waals surface area contributed by atoms with E-state index in [0.29, 0.717) is 11.6 Å². The van der Waals surface area contributed by atoms with Crippen molar-refractivity contribution < 1.29 is 0 Å². The van der Waals surface area contributed by atoms with Crippen molar-refractivity contribution >= 4 is 61.6 Å². The quantitative estimate of drug-likeness (QED) is 0.610. The van der Waals surface area contributed by atoms with Crippen LogP contribution in [0.2, 0.25) is 0 Å². The molecule has 5 heteroatoms. The summed E-state index contributed by atoms with van der Waals surface area (Å²) in [5, 5.41) is 0. The Hall–Kier alpha value is 0.560. The minimum Gasteiger partial charge on any atom is -0.398 e. The average molecular weight is 336 g/mol. The van der Waals surface area contributed by atoms with Gasteiger partial charge in [0.25, 0.3) is 0 Å². The number of hydrogen-bond donors (Lipinski definition) is 1. The van der Waals surface area contributed by atoms with E-state index in [-0.39, 0.29) is 12.4 Å². The van der Waals surface area contributed by atoms with Gasteiger partial charge in [0, 0.05) is 14.8 Å². The fourth-order valence-corrected chi connectivity index (χ4v) is 2.28. The van der Waals surface area contributed by atoms with Crippen LogP contribution in [0.3, 0.4) is 0 Å². The van der Waals surface area contributed by atoms with Crippen molar-refractivity contribution in [3.63, 3.8) is 0 Å². The summed E-state index contributed by atoms with van der Waals surface area (Å²) in [7, 11) is 0. The molecule has 1 nitrogen and oxygen atoms in total. The maximum atomic E-state index is 5.71. The van der Waals surface area contributed by atoms with Crippen LogP contribution in [0, 0.1) is 0 Å². The topological polar surface area (TPSA) is 26.0 Å². The maximum absolute atomic E-state index is 5.71. The molecule has 0 spiro atoms. The van der Waals surface area contributed by atoms with Crippen LogP contribution in [0.4, 0.5) is 5.69 Å². The summed E-state index contributed by atoms with van der Waals surface area (Å²) in [6.45, 7) is 0. The van der Waals surface area contributed by atoms with Gasteiger partial charge in [0.15, 0.2) is 0 Å². The van der Waals surface area contributed by atoms with E-state index in [1.807, 2.05) is 12.1 Å². The van der Waals surface area contributed by atoms with E-state index < -0.39 is 0 Å². The molecule has 68 valence electrons. The van der Waals surface area contributed by atoms with Crippen LogP contribution in [0.25, 0.3) is 0 Å². The fourth-order valence-electron chi connectivity index (χ4n) is 0.749. The molecule has 0 amide bonds. The van der Waals surface area contributed by atoms with E-state index in [0.717, 1.165) is 14.5 Å². The first kappa shape index (κ1) is 12.6. The minimum absolute atomic E-state index is 0. The summed E-state index contributed by atoms with van der Waals surface area (Å²) in [6.07, 6.45) is 0. The Morgan fingerprint density at radius 1 is 1.33 bits per heavy atom. The summed E-state index contributed by atoms with van der Waals surface area (Å²) in [6, 6.07) is 3.80. The SMILES string of the molecule is Cl.Nc1c(Br)cc(Br)cc1CCl. The molecular formula is C7H7Br2Cl2N. The van der Waals surface area contributed by atoms with Crippen molar-refractivity contribution in [2.45, 2.75) is 5.88 Å². The van der Waals surface area contributed by atoms with Crippen molar-refractivity contribution in [1.82, 2.24) is 0 Å². The molecular weight excluding hydrogens is 329 g/mol. The first-order chi connectivity index (χ1) is 5.15. The number of nitrogen functional groups attached to an aromatic ring is 1. The Morgan fingerprint density at radius 3 is 2.42 bits per heavy atom. The zero-order valence-corrected chi connectivity index (χ0v) is 10.7. The van der Waals surface area contributed by atoms with E-state index >= 15 is 0 Å². The Morgan fingerprint density at radius 2 is 1.92 bits per heavy atom. The lowest BCUT2D eigenvalue weighted by Gasteiger charge is -2.04. The van der Waals surface area contributed by atoms with E-state index in [1.54, 1.807) is 0 Å². The lowest BCUT2D eigenvalue weighted by atomic mass is 10.2. The van der Waals surface area contributed by atoms with Crippen molar-refractivity contribution in [1.29, 1.82) is 0 Å². The molecule has 0 heterocycles. The smallest absolute Gasteiger partial charge is 0.0504 e. The lowest BCUT2D eigenvalue weighted by molar-refractivity contribution is 1.38. The Kier molecular flexibility index (Phi) is 5.57. The number of alkyl halides is 1. The summed E-state index contributed by atoms with van der Waals surface area (Å²) >= 11 is 12.3. The van der Waals surface area contributed by atoms with Crippen LogP contribution in [0.15, 0.2) is 21.1 Å². The van der Waals surface area contributed by atoms with Gasteiger partial charge in [-0.2, -0.15) is 0 Å². The number of rotatable bonds is 1. The Labute approximate surface area is 99.3 Å². The van der Waals surface area contributed by atoms with E-state index in [4.69, 9.17) is 17.3 Å². The van der Waals surface area contributed by atoms with Gasteiger partial charge in [-0.05, 0) is 33.6 Å². The molecule has 1 aromatic rings. The molecule has 0 aromatic heterocycles. The number of anilines is 1. The van der Waals surface area contributed by atoms with Crippen LogP contribution in [0.5, 0.6) is 0 Å². The standard InChI is InChI=1S/C7H6Br2ClN.ClH/c8-5-1-4(3-10)7(11)6(9)2-5;/h1-2H,3,11H2;1H. The van der Waals surface area contributed by atoms with Crippen molar-refractivity contribution in [3.05, 3.63) is 26.6 Å². The highest BCUT2D eigenvalue weighted by molar-refractivity contribution is 9.11. The summed E-state index contributed by atoms with van der Waals surface area (Å²) in [5.74, 6) is 0.434. The number of halogens is 4. The van der Waals surface area contributed by atoms with Crippen molar-refractivity contribution in [2.75, 3.05) is 5.73 Å². The monoisotopic (exact) mass is 333 g/mol. The van der Waals surface area contributed by atoms with Gasteiger partial charge in [0.1, 0.15) is 0 Å². The predicted molar refractivity (Wildman–Crippen MR) is 63.1 cm³/mol. The number of nitrogens with two attached hydrogens (primary N) is 1. The molecule has 0 fully saturated rings. The third kappa shape index (κ3) is 2.80. The largest absolute Gasteiger partial charge is 0.398 e. The van der Waals surface area contributed by atoms with Gasteiger partial charge in [-0.15, -0.1) is 24.0 Å². The molecule has 1 aromatic carbocycles. The minimum atomic E-state index is 0. The molecule has 0 radical (unpaired) electrons. The second kappa shape index (κ2) is 5.32. The molecule has 0 aliphatic carbocycles. The van der Waals surface area contributed by atoms with Crippen LogP contribution < -0.4 is 5.73 Å². The summed E-state index contributed by atoms with van der Waals surface area (Å²) < 4.78 is 1.86. The van der Waals surface area contributed by atoms with Gasteiger partial charge in [0.05, 0.1) is 5.69 Å². The summed E-state index contributed by atoms with van der Waals surface area (Å²) in [4.78, 5) is 0. The molecule has 12 heavy (non-hydrogen) atoms. The first-order valence-electron chi connectivity index (χ1n) is 2.94. The van der Waals surface area contributed by atoms with Crippen LogP contribution in [-0.4, -0.2) is 0 Å². The molecule has 0 aliphatic rings. The Bertz CT molecular complexity index is 278. The molecule has 0 saturated heterocycles. The highest BCUT2D eigenvalue weighted by Crippen LogP contribution is 2.28. The maximum Gasteiger partial charge on any atom is 0.0504 e. The first-order valence-corrected chi connectivity index (χ1v) is 5.06. The summed E-state index contributed by atoms with van der Waals surface area (Å²) in [5.41, 5.74) is 7.36.